The van der Waals surface area contributed by atoms with Gasteiger partial charge in [0.15, 0.2) is 0 Å². The summed E-state index contributed by atoms with van der Waals surface area (Å²) < 4.78 is 1.87. The Morgan fingerprint density at radius 1 is 1.14 bits per heavy atom. The van der Waals surface area contributed by atoms with Crippen LogP contribution in [0.25, 0.3) is 22.5 Å². The van der Waals surface area contributed by atoms with Crippen LogP contribution in [0.15, 0.2) is 67.3 Å². The van der Waals surface area contributed by atoms with E-state index in [9.17, 15) is 4.79 Å². The van der Waals surface area contributed by atoms with Gasteiger partial charge in [0.1, 0.15) is 5.69 Å². The van der Waals surface area contributed by atoms with Crippen molar-refractivity contribution in [2.24, 2.45) is 5.73 Å². The molecule has 1 aromatic carbocycles. The van der Waals surface area contributed by atoms with Crippen LogP contribution in [0.2, 0.25) is 0 Å². The highest BCUT2D eigenvalue weighted by molar-refractivity contribution is 5.93. The van der Waals surface area contributed by atoms with Crippen LogP contribution in [0.3, 0.4) is 0 Å². The quantitative estimate of drug-likeness (QED) is 0.527. The van der Waals surface area contributed by atoms with Gasteiger partial charge in [-0.05, 0) is 49.4 Å². The van der Waals surface area contributed by atoms with Crippen LogP contribution in [0, 0.1) is 0 Å². The lowest BCUT2D eigenvalue weighted by Crippen LogP contribution is -2.10. The molecule has 0 spiro atoms. The summed E-state index contributed by atoms with van der Waals surface area (Å²) in [5, 5.41) is 7.81. The van der Waals surface area contributed by atoms with Gasteiger partial charge in [0.05, 0.1) is 5.69 Å². The second kappa shape index (κ2) is 7.89. The van der Waals surface area contributed by atoms with E-state index in [0.717, 1.165) is 34.7 Å². The average Bonchev–Trinajstić information content (AvgIpc) is 3.20. The SMILES string of the molecule is CCn1cc(-c2ccnc(Nc3ccc(C(N)=O)cc3)n2)c(-c2cccnc2)n1. The fraction of sp³-hybridized carbons (Fsp3) is 0.0952. The summed E-state index contributed by atoms with van der Waals surface area (Å²) in [5.41, 5.74) is 9.86. The zero-order valence-corrected chi connectivity index (χ0v) is 15.8. The number of nitrogens with zero attached hydrogens (tertiary/aromatic N) is 5. The molecule has 29 heavy (non-hydrogen) atoms. The summed E-state index contributed by atoms with van der Waals surface area (Å²) >= 11 is 0. The Bertz CT molecular complexity index is 1140. The Labute approximate surface area is 167 Å². The topological polar surface area (TPSA) is 112 Å². The molecule has 0 aliphatic rings. The highest BCUT2D eigenvalue weighted by Gasteiger charge is 2.15. The smallest absolute Gasteiger partial charge is 0.248 e. The van der Waals surface area contributed by atoms with Crippen molar-refractivity contribution in [3.63, 3.8) is 0 Å². The maximum atomic E-state index is 11.2. The van der Waals surface area contributed by atoms with E-state index in [0.29, 0.717) is 11.5 Å². The highest BCUT2D eigenvalue weighted by atomic mass is 16.1. The molecule has 0 radical (unpaired) electrons. The molecule has 0 saturated carbocycles. The minimum absolute atomic E-state index is 0.440. The van der Waals surface area contributed by atoms with Crippen molar-refractivity contribution in [2.45, 2.75) is 13.5 Å². The van der Waals surface area contributed by atoms with E-state index >= 15 is 0 Å². The number of benzene rings is 1. The summed E-state index contributed by atoms with van der Waals surface area (Å²) in [7, 11) is 0. The summed E-state index contributed by atoms with van der Waals surface area (Å²) in [6, 6.07) is 12.5. The Kier molecular flexibility index (Phi) is 4.98. The fourth-order valence-electron chi connectivity index (χ4n) is 2.90. The van der Waals surface area contributed by atoms with Gasteiger partial charge in [-0.25, -0.2) is 9.97 Å². The molecule has 0 aliphatic heterocycles. The first-order chi connectivity index (χ1) is 14.1. The minimum atomic E-state index is -0.467. The van der Waals surface area contributed by atoms with Crippen LogP contribution in [0.5, 0.6) is 0 Å². The third-order valence-electron chi connectivity index (χ3n) is 4.38. The van der Waals surface area contributed by atoms with Crippen LogP contribution < -0.4 is 11.1 Å². The molecule has 0 unspecified atom stereocenters. The fourth-order valence-corrected chi connectivity index (χ4v) is 2.90. The predicted molar refractivity (Wildman–Crippen MR) is 110 cm³/mol. The van der Waals surface area contributed by atoms with Crippen LogP contribution in [-0.2, 0) is 6.54 Å². The Morgan fingerprint density at radius 3 is 2.66 bits per heavy atom. The number of nitrogens with one attached hydrogen (secondary N) is 1. The first kappa shape index (κ1) is 18.3. The molecule has 0 fully saturated rings. The number of nitrogens with two attached hydrogens (primary N) is 1. The van der Waals surface area contributed by atoms with Crippen LogP contribution >= 0.6 is 0 Å². The number of primary amides is 1. The van der Waals surface area contributed by atoms with Gasteiger partial charge in [0.2, 0.25) is 11.9 Å². The van der Waals surface area contributed by atoms with E-state index in [2.05, 4.69) is 25.4 Å². The molecule has 144 valence electrons. The molecule has 1 amide bonds. The van der Waals surface area contributed by atoms with Gasteiger partial charge in [0.25, 0.3) is 0 Å². The van der Waals surface area contributed by atoms with Gasteiger partial charge >= 0.3 is 0 Å². The number of carbonyl (C=O) groups excluding carboxylic acids is 1. The normalized spacial score (nSPS) is 10.7. The van der Waals surface area contributed by atoms with Gasteiger partial charge in [-0.3, -0.25) is 14.5 Å². The molecule has 4 rings (SSSR count). The Balaban J connectivity index is 1.67. The van der Waals surface area contributed by atoms with Crippen molar-refractivity contribution in [3.05, 3.63) is 72.8 Å². The van der Waals surface area contributed by atoms with Crippen molar-refractivity contribution in [2.75, 3.05) is 5.32 Å². The number of amides is 1. The molecule has 3 aromatic heterocycles. The molecule has 8 nitrogen and oxygen atoms in total. The molecule has 3 N–H and O–H groups in total. The summed E-state index contributed by atoms with van der Waals surface area (Å²) in [4.78, 5) is 24.3. The van der Waals surface area contributed by atoms with E-state index < -0.39 is 5.91 Å². The van der Waals surface area contributed by atoms with Gasteiger partial charge in [-0.2, -0.15) is 5.10 Å². The largest absolute Gasteiger partial charge is 0.366 e. The molecule has 0 saturated heterocycles. The molecule has 3 heterocycles. The molecule has 0 bridgehead atoms. The first-order valence-electron chi connectivity index (χ1n) is 9.12. The maximum Gasteiger partial charge on any atom is 0.248 e. The van der Waals surface area contributed by atoms with Crippen LogP contribution in [-0.4, -0.2) is 30.6 Å². The van der Waals surface area contributed by atoms with Crippen molar-refractivity contribution in [3.8, 4) is 22.5 Å². The monoisotopic (exact) mass is 385 g/mol. The molecule has 0 atom stereocenters. The zero-order valence-electron chi connectivity index (χ0n) is 15.8. The maximum absolute atomic E-state index is 11.2. The van der Waals surface area contributed by atoms with E-state index in [1.807, 2.05) is 36.0 Å². The average molecular weight is 385 g/mol. The number of pyridine rings is 1. The summed E-state index contributed by atoms with van der Waals surface area (Å²) in [6.07, 6.45) is 7.18. The summed E-state index contributed by atoms with van der Waals surface area (Å²) in [6.45, 7) is 2.78. The number of hydrogen-bond acceptors (Lipinski definition) is 6. The molecule has 0 aliphatic carbocycles. The number of anilines is 2. The third kappa shape index (κ3) is 3.96. The molecular formula is C21H19N7O. The molecule has 8 heteroatoms. The number of aryl methyl sites for hydroxylation is 1. The zero-order chi connectivity index (χ0) is 20.2. The number of rotatable bonds is 6. The number of aromatic nitrogens is 5. The lowest BCUT2D eigenvalue weighted by Gasteiger charge is -2.07. The lowest BCUT2D eigenvalue weighted by molar-refractivity contribution is 0.100. The van der Waals surface area contributed by atoms with E-state index in [1.54, 1.807) is 42.9 Å². The Hall–Kier alpha value is -4.07. The third-order valence-corrected chi connectivity index (χ3v) is 4.38. The van der Waals surface area contributed by atoms with E-state index in [-0.39, 0.29) is 0 Å². The van der Waals surface area contributed by atoms with Crippen molar-refractivity contribution < 1.29 is 4.79 Å². The predicted octanol–water partition coefficient (Wildman–Crippen LogP) is 3.26. The van der Waals surface area contributed by atoms with Crippen molar-refractivity contribution in [1.82, 2.24) is 24.7 Å². The van der Waals surface area contributed by atoms with Crippen molar-refractivity contribution >= 4 is 17.5 Å². The van der Waals surface area contributed by atoms with Gasteiger partial charge in [-0.1, -0.05) is 0 Å². The molecular weight excluding hydrogens is 366 g/mol. The van der Waals surface area contributed by atoms with Gasteiger partial charge < -0.3 is 11.1 Å². The minimum Gasteiger partial charge on any atom is -0.366 e. The molecule has 4 aromatic rings. The van der Waals surface area contributed by atoms with Crippen molar-refractivity contribution in [1.29, 1.82) is 0 Å². The van der Waals surface area contributed by atoms with E-state index in [4.69, 9.17) is 5.73 Å². The Morgan fingerprint density at radius 2 is 1.97 bits per heavy atom. The summed E-state index contributed by atoms with van der Waals surface area (Å²) in [5.74, 6) is -0.0265. The first-order valence-corrected chi connectivity index (χ1v) is 9.12. The van der Waals surface area contributed by atoms with Gasteiger partial charge in [0, 0.05) is 53.7 Å². The number of hydrogen-bond donors (Lipinski definition) is 2. The van der Waals surface area contributed by atoms with Crippen LogP contribution in [0.4, 0.5) is 11.6 Å². The lowest BCUT2D eigenvalue weighted by atomic mass is 10.1. The standard InChI is InChI=1S/C21H19N7O/c1-2-28-13-17(19(27-28)15-4-3-10-23-12-15)18-9-11-24-21(26-18)25-16-7-5-14(6-8-16)20(22)29/h3-13H,2H2,1H3,(H2,22,29)(H,24,25,26). The highest BCUT2D eigenvalue weighted by Crippen LogP contribution is 2.30. The van der Waals surface area contributed by atoms with Crippen LogP contribution in [0.1, 0.15) is 17.3 Å². The van der Waals surface area contributed by atoms with Gasteiger partial charge in [-0.15, -0.1) is 0 Å². The van der Waals surface area contributed by atoms with E-state index in [1.165, 1.54) is 0 Å². The second-order valence-electron chi connectivity index (χ2n) is 6.32. The number of carbonyl (C=O) groups is 1. The second-order valence-corrected chi connectivity index (χ2v) is 6.32.